The fourth-order valence-corrected chi connectivity index (χ4v) is 1.62. The van der Waals surface area contributed by atoms with Gasteiger partial charge in [0.25, 0.3) is 0 Å². The number of hydrogen-bond acceptors (Lipinski definition) is 0. The maximum Gasteiger partial charge on any atom is 0.0435 e. The third-order valence-electron chi connectivity index (χ3n) is 2.41. The molecule has 1 aromatic carbocycles. The Hall–Kier alpha value is -0.200. The van der Waals surface area contributed by atoms with Crippen molar-refractivity contribution in [1.29, 1.82) is 0 Å². The molecule has 0 aromatic heterocycles. The van der Waals surface area contributed by atoms with E-state index in [-0.39, 0.29) is 0 Å². The van der Waals surface area contributed by atoms with Crippen LogP contribution in [0.15, 0.2) is 18.2 Å². The number of hydrogen-bond donors (Lipinski definition) is 0. The summed E-state index contributed by atoms with van der Waals surface area (Å²) >= 11 is 12.0. The quantitative estimate of drug-likeness (QED) is 0.664. The first kappa shape index (κ1) is 11.9. The predicted molar refractivity (Wildman–Crippen MR) is 64.4 cm³/mol. The summed E-state index contributed by atoms with van der Waals surface area (Å²) in [6.45, 7) is 4.15. The van der Waals surface area contributed by atoms with Crippen molar-refractivity contribution in [2.45, 2.75) is 38.5 Å². The highest BCUT2D eigenvalue weighted by Crippen LogP contribution is 2.18. The summed E-state index contributed by atoms with van der Waals surface area (Å²) in [5.41, 5.74) is 2.47. The average Bonchev–Trinajstić information content (AvgIpc) is 2.19. The van der Waals surface area contributed by atoms with E-state index in [0.717, 1.165) is 29.8 Å². The van der Waals surface area contributed by atoms with Gasteiger partial charge in [-0.15, -0.1) is 11.6 Å². The minimum atomic E-state index is 0.297. The lowest BCUT2D eigenvalue weighted by Gasteiger charge is -2.07. The maximum absolute atomic E-state index is 6.06. The van der Waals surface area contributed by atoms with Gasteiger partial charge in [0, 0.05) is 10.4 Å². The molecule has 0 spiro atoms. The summed E-state index contributed by atoms with van der Waals surface area (Å²) in [5.74, 6) is 0. The molecule has 0 aliphatic carbocycles. The van der Waals surface area contributed by atoms with Gasteiger partial charge >= 0.3 is 0 Å². The fourth-order valence-electron chi connectivity index (χ4n) is 1.39. The van der Waals surface area contributed by atoms with Gasteiger partial charge in [-0.25, -0.2) is 0 Å². The Kier molecular flexibility index (Phi) is 4.77. The van der Waals surface area contributed by atoms with E-state index in [4.69, 9.17) is 23.2 Å². The molecule has 0 bridgehead atoms. The van der Waals surface area contributed by atoms with Crippen molar-refractivity contribution in [1.82, 2.24) is 0 Å². The van der Waals surface area contributed by atoms with Gasteiger partial charge < -0.3 is 0 Å². The molecule has 0 nitrogen and oxygen atoms in total. The lowest BCUT2D eigenvalue weighted by molar-refractivity contribution is 0.726. The molecule has 0 radical (unpaired) electrons. The molecule has 0 saturated carbocycles. The van der Waals surface area contributed by atoms with Gasteiger partial charge in [0.1, 0.15) is 0 Å². The van der Waals surface area contributed by atoms with Crippen LogP contribution in [-0.4, -0.2) is 5.38 Å². The lowest BCUT2D eigenvalue weighted by Crippen LogP contribution is -1.98. The first-order valence-electron chi connectivity index (χ1n) is 5.02. The highest BCUT2D eigenvalue weighted by molar-refractivity contribution is 6.31. The number of aryl methyl sites for hydroxylation is 2. The van der Waals surface area contributed by atoms with Crippen LogP contribution in [0.4, 0.5) is 0 Å². The number of halogens is 2. The summed E-state index contributed by atoms with van der Waals surface area (Å²) in [7, 11) is 0. The summed E-state index contributed by atoms with van der Waals surface area (Å²) in [6.07, 6.45) is 3.12. The second-order valence-electron chi connectivity index (χ2n) is 3.63. The molecule has 78 valence electrons. The minimum absolute atomic E-state index is 0.297. The topological polar surface area (TPSA) is 0 Å². The molecule has 1 atom stereocenters. The van der Waals surface area contributed by atoms with Crippen molar-refractivity contribution in [2.75, 3.05) is 0 Å². The summed E-state index contributed by atoms with van der Waals surface area (Å²) in [5, 5.41) is 1.14. The van der Waals surface area contributed by atoms with Crippen LogP contribution in [0.3, 0.4) is 0 Å². The van der Waals surface area contributed by atoms with Crippen molar-refractivity contribution in [2.24, 2.45) is 0 Å². The molecule has 2 heteroatoms. The van der Waals surface area contributed by atoms with E-state index in [1.807, 2.05) is 13.0 Å². The van der Waals surface area contributed by atoms with Gasteiger partial charge in [-0.1, -0.05) is 30.7 Å². The SMILES string of the molecule is CCC(Cl)CCc1ccc(Cl)c(C)c1. The van der Waals surface area contributed by atoms with Crippen molar-refractivity contribution >= 4 is 23.2 Å². The summed E-state index contributed by atoms with van der Waals surface area (Å²) in [6, 6.07) is 6.18. The second kappa shape index (κ2) is 5.63. The van der Waals surface area contributed by atoms with E-state index in [1.165, 1.54) is 5.56 Å². The van der Waals surface area contributed by atoms with Gasteiger partial charge in [0.2, 0.25) is 0 Å². The molecular weight excluding hydrogens is 215 g/mol. The van der Waals surface area contributed by atoms with Crippen molar-refractivity contribution in [3.8, 4) is 0 Å². The largest absolute Gasteiger partial charge is 0.123 e. The zero-order valence-corrected chi connectivity index (χ0v) is 10.2. The Morgan fingerprint density at radius 2 is 2.07 bits per heavy atom. The molecule has 1 unspecified atom stereocenters. The lowest BCUT2D eigenvalue weighted by atomic mass is 10.1. The Morgan fingerprint density at radius 3 is 2.64 bits per heavy atom. The van der Waals surface area contributed by atoms with E-state index in [9.17, 15) is 0 Å². The zero-order valence-electron chi connectivity index (χ0n) is 8.69. The van der Waals surface area contributed by atoms with E-state index in [1.54, 1.807) is 0 Å². The molecule has 1 aromatic rings. The Bertz CT molecular complexity index is 294. The highest BCUT2D eigenvalue weighted by Gasteiger charge is 2.03. The van der Waals surface area contributed by atoms with Crippen LogP contribution in [-0.2, 0) is 6.42 Å². The molecular formula is C12H16Cl2. The first-order valence-corrected chi connectivity index (χ1v) is 5.84. The van der Waals surface area contributed by atoms with Gasteiger partial charge in [-0.05, 0) is 43.4 Å². The molecule has 0 aliphatic heterocycles. The van der Waals surface area contributed by atoms with Crippen LogP contribution >= 0.6 is 23.2 Å². The second-order valence-corrected chi connectivity index (χ2v) is 4.65. The Labute approximate surface area is 96.2 Å². The van der Waals surface area contributed by atoms with Gasteiger partial charge in [0.05, 0.1) is 0 Å². The standard InChI is InChI=1S/C12H16Cl2/c1-3-11(13)6-4-10-5-7-12(14)9(2)8-10/h5,7-8,11H,3-4,6H2,1-2H3. The molecule has 0 aliphatic rings. The molecule has 0 N–H and O–H groups in total. The Morgan fingerprint density at radius 1 is 1.36 bits per heavy atom. The van der Waals surface area contributed by atoms with E-state index in [0.29, 0.717) is 5.38 Å². The van der Waals surface area contributed by atoms with Gasteiger partial charge in [-0.3, -0.25) is 0 Å². The summed E-state index contributed by atoms with van der Waals surface area (Å²) in [4.78, 5) is 0. The van der Waals surface area contributed by atoms with E-state index < -0.39 is 0 Å². The number of benzene rings is 1. The average molecular weight is 231 g/mol. The fraction of sp³-hybridized carbons (Fsp3) is 0.500. The first-order chi connectivity index (χ1) is 6.63. The monoisotopic (exact) mass is 230 g/mol. The molecule has 0 heterocycles. The summed E-state index contributed by atoms with van der Waals surface area (Å²) < 4.78 is 0. The Balaban J connectivity index is 2.55. The maximum atomic E-state index is 6.06. The molecule has 0 amide bonds. The number of alkyl halides is 1. The molecule has 1 rings (SSSR count). The van der Waals surface area contributed by atoms with Crippen LogP contribution in [0.1, 0.15) is 30.9 Å². The van der Waals surface area contributed by atoms with E-state index >= 15 is 0 Å². The van der Waals surface area contributed by atoms with Crippen LogP contribution in [0.25, 0.3) is 0 Å². The normalized spacial score (nSPS) is 12.9. The van der Waals surface area contributed by atoms with Crippen LogP contribution in [0, 0.1) is 6.92 Å². The van der Waals surface area contributed by atoms with Crippen molar-refractivity contribution in [3.05, 3.63) is 34.3 Å². The van der Waals surface area contributed by atoms with Crippen molar-refractivity contribution in [3.63, 3.8) is 0 Å². The third-order valence-corrected chi connectivity index (χ3v) is 3.36. The zero-order chi connectivity index (χ0) is 10.6. The molecule has 0 fully saturated rings. The minimum Gasteiger partial charge on any atom is -0.123 e. The third kappa shape index (κ3) is 3.51. The number of rotatable bonds is 4. The van der Waals surface area contributed by atoms with Crippen LogP contribution in [0.5, 0.6) is 0 Å². The van der Waals surface area contributed by atoms with Gasteiger partial charge in [-0.2, -0.15) is 0 Å². The van der Waals surface area contributed by atoms with E-state index in [2.05, 4.69) is 19.1 Å². The smallest absolute Gasteiger partial charge is 0.0435 e. The molecule has 14 heavy (non-hydrogen) atoms. The van der Waals surface area contributed by atoms with Crippen molar-refractivity contribution < 1.29 is 0 Å². The van der Waals surface area contributed by atoms with Crippen LogP contribution < -0.4 is 0 Å². The molecule has 0 saturated heterocycles. The highest BCUT2D eigenvalue weighted by atomic mass is 35.5. The predicted octanol–water partition coefficient (Wildman–Crippen LogP) is 4.60. The van der Waals surface area contributed by atoms with Gasteiger partial charge in [0.15, 0.2) is 0 Å². The van der Waals surface area contributed by atoms with Crippen LogP contribution in [0.2, 0.25) is 5.02 Å².